The number of H-pyrrole nitrogens is 1. The molecule has 3 heterocycles. The van der Waals surface area contributed by atoms with Crippen LogP contribution in [0.2, 0.25) is 0 Å². The van der Waals surface area contributed by atoms with Gasteiger partial charge in [0.25, 0.3) is 5.91 Å². The fourth-order valence-corrected chi connectivity index (χ4v) is 3.61. The van der Waals surface area contributed by atoms with Gasteiger partial charge >= 0.3 is 0 Å². The Bertz CT molecular complexity index is 1090. The molecule has 5 heteroatoms. The number of carbonyl (C=O) groups excluding carboxylic acids is 1. The van der Waals surface area contributed by atoms with Crippen LogP contribution in [0.25, 0.3) is 27.7 Å². The Kier molecular flexibility index (Phi) is 4.59. The SMILES string of the molecule is C/C=C(\C=NCC)c1ccnc2[nH]cc(-c3ccc4c(c3)CCNC4=O)c12.[HH].[HH]. The monoisotopic (exact) mass is 362 g/mol. The Labute approximate surface area is 161 Å². The fourth-order valence-electron chi connectivity index (χ4n) is 3.61. The summed E-state index contributed by atoms with van der Waals surface area (Å²) in [6.07, 6.45) is 8.66. The van der Waals surface area contributed by atoms with Gasteiger partial charge in [-0.15, -0.1) is 0 Å². The minimum atomic E-state index is 0. The Morgan fingerprint density at radius 3 is 3.04 bits per heavy atom. The van der Waals surface area contributed by atoms with Crippen LogP contribution in [-0.4, -0.2) is 35.2 Å². The lowest BCUT2D eigenvalue weighted by Crippen LogP contribution is -2.31. The van der Waals surface area contributed by atoms with Crippen LogP contribution < -0.4 is 5.32 Å². The summed E-state index contributed by atoms with van der Waals surface area (Å²) in [5.74, 6) is 0.0102. The summed E-state index contributed by atoms with van der Waals surface area (Å²) in [7, 11) is 0. The van der Waals surface area contributed by atoms with Gasteiger partial charge in [0.2, 0.25) is 0 Å². The fraction of sp³-hybridized carbons (Fsp3) is 0.227. The number of aliphatic imine (C=N–C) groups is 1. The highest BCUT2D eigenvalue weighted by Gasteiger charge is 2.19. The third-order valence-electron chi connectivity index (χ3n) is 4.95. The summed E-state index contributed by atoms with van der Waals surface area (Å²) in [6.45, 7) is 5.48. The molecule has 2 aromatic heterocycles. The van der Waals surface area contributed by atoms with Crippen LogP contribution in [0.15, 0.2) is 47.7 Å². The van der Waals surface area contributed by atoms with E-state index in [2.05, 4.69) is 32.4 Å². The van der Waals surface area contributed by atoms with E-state index < -0.39 is 0 Å². The zero-order valence-corrected chi connectivity index (χ0v) is 15.5. The van der Waals surface area contributed by atoms with Crippen molar-refractivity contribution < 1.29 is 7.65 Å². The van der Waals surface area contributed by atoms with Crippen molar-refractivity contribution in [3.8, 4) is 11.1 Å². The van der Waals surface area contributed by atoms with Crippen molar-refractivity contribution in [3.05, 3.63) is 59.4 Å². The molecule has 0 fully saturated rings. The first-order valence-corrected chi connectivity index (χ1v) is 9.27. The first-order chi connectivity index (χ1) is 13.2. The molecule has 1 aliphatic rings. The Balaban J connectivity index is 0.00000150. The van der Waals surface area contributed by atoms with E-state index in [1.165, 1.54) is 0 Å². The minimum absolute atomic E-state index is 0. The average Bonchev–Trinajstić information content (AvgIpc) is 3.13. The van der Waals surface area contributed by atoms with Gasteiger partial charge in [-0.3, -0.25) is 9.79 Å². The van der Waals surface area contributed by atoms with E-state index in [4.69, 9.17) is 0 Å². The van der Waals surface area contributed by atoms with Gasteiger partial charge in [-0.25, -0.2) is 4.98 Å². The molecule has 4 rings (SSSR count). The zero-order chi connectivity index (χ0) is 18.8. The summed E-state index contributed by atoms with van der Waals surface area (Å²) in [5, 5.41) is 3.97. The maximum absolute atomic E-state index is 12.0. The van der Waals surface area contributed by atoms with Crippen molar-refractivity contribution in [2.75, 3.05) is 13.1 Å². The molecule has 0 unspecified atom stereocenters. The molecule has 0 spiro atoms. The normalized spacial score (nSPS) is 14.6. The van der Waals surface area contributed by atoms with Crippen LogP contribution >= 0.6 is 0 Å². The molecule has 1 amide bonds. The molecule has 0 atom stereocenters. The highest BCUT2D eigenvalue weighted by atomic mass is 16.1. The van der Waals surface area contributed by atoms with Crippen molar-refractivity contribution in [2.45, 2.75) is 20.3 Å². The van der Waals surface area contributed by atoms with Crippen molar-refractivity contribution in [1.29, 1.82) is 0 Å². The second kappa shape index (κ2) is 7.19. The maximum atomic E-state index is 12.0. The number of nitrogens with one attached hydrogen (secondary N) is 2. The largest absolute Gasteiger partial charge is 0.352 e. The zero-order valence-electron chi connectivity index (χ0n) is 15.5. The predicted molar refractivity (Wildman–Crippen MR) is 114 cm³/mol. The summed E-state index contributed by atoms with van der Waals surface area (Å²) in [6, 6.07) is 8.09. The molecule has 0 bridgehead atoms. The molecule has 0 saturated heterocycles. The van der Waals surface area contributed by atoms with Crippen LogP contribution in [0, 0.1) is 0 Å². The van der Waals surface area contributed by atoms with Crippen molar-refractivity contribution >= 4 is 28.7 Å². The van der Waals surface area contributed by atoms with E-state index in [9.17, 15) is 4.79 Å². The van der Waals surface area contributed by atoms with Crippen molar-refractivity contribution in [2.24, 2.45) is 4.99 Å². The number of carbonyl (C=O) groups is 1. The lowest BCUT2D eigenvalue weighted by Gasteiger charge is -2.17. The van der Waals surface area contributed by atoms with E-state index in [-0.39, 0.29) is 8.76 Å². The molecule has 5 nitrogen and oxygen atoms in total. The number of aromatic nitrogens is 2. The summed E-state index contributed by atoms with van der Waals surface area (Å²) < 4.78 is 0. The summed E-state index contributed by atoms with van der Waals surface area (Å²) in [4.78, 5) is 24.2. The first-order valence-electron chi connectivity index (χ1n) is 9.27. The van der Waals surface area contributed by atoms with Gasteiger partial charge in [0.15, 0.2) is 0 Å². The highest BCUT2D eigenvalue weighted by Crippen LogP contribution is 2.34. The molecule has 140 valence electrons. The van der Waals surface area contributed by atoms with E-state index in [1.54, 1.807) is 0 Å². The Morgan fingerprint density at radius 1 is 1.33 bits per heavy atom. The minimum Gasteiger partial charge on any atom is -0.352 e. The number of nitrogens with zero attached hydrogens (tertiary/aromatic N) is 2. The summed E-state index contributed by atoms with van der Waals surface area (Å²) in [5.41, 5.74) is 7.07. The number of pyridine rings is 1. The molecule has 1 aromatic carbocycles. The van der Waals surface area contributed by atoms with Gasteiger partial charge in [-0.05, 0) is 54.7 Å². The molecular weight excluding hydrogens is 336 g/mol. The van der Waals surface area contributed by atoms with Crippen LogP contribution in [-0.2, 0) is 6.42 Å². The smallest absolute Gasteiger partial charge is 0.251 e. The molecule has 27 heavy (non-hydrogen) atoms. The van der Waals surface area contributed by atoms with Gasteiger partial charge in [0, 0.05) is 51.1 Å². The van der Waals surface area contributed by atoms with Gasteiger partial charge in [-0.1, -0.05) is 18.2 Å². The predicted octanol–water partition coefficient (Wildman–Crippen LogP) is 4.50. The maximum Gasteiger partial charge on any atom is 0.251 e. The van der Waals surface area contributed by atoms with Crippen LogP contribution in [0.5, 0.6) is 0 Å². The summed E-state index contributed by atoms with van der Waals surface area (Å²) >= 11 is 0. The number of benzene rings is 1. The van der Waals surface area contributed by atoms with Crippen molar-refractivity contribution in [1.82, 2.24) is 15.3 Å². The van der Waals surface area contributed by atoms with Gasteiger partial charge < -0.3 is 10.3 Å². The number of rotatable bonds is 4. The highest BCUT2D eigenvalue weighted by molar-refractivity contribution is 6.16. The number of hydrogen-bond acceptors (Lipinski definition) is 3. The number of allylic oxidation sites excluding steroid dienone is 2. The van der Waals surface area contributed by atoms with E-state index in [0.717, 1.165) is 57.4 Å². The second-order valence-corrected chi connectivity index (χ2v) is 6.53. The first kappa shape index (κ1) is 17.2. The molecule has 2 N–H and O–H groups in total. The Hall–Kier alpha value is -3.21. The topological polar surface area (TPSA) is 70.1 Å². The van der Waals surface area contributed by atoms with Crippen LogP contribution in [0.3, 0.4) is 0 Å². The molecule has 0 aliphatic carbocycles. The number of fused-ring (bicyclic) bond motifs is 2. The van der Waals surface area contributed by atoms with Crippen LogP contribution in [0.4, 0.5) is 0 Å². The van der Waals surface area contributed by atoms with Crippen LogP contribution in [0.1, 0.15) is 38.2 Å². The molecule has 0 saturated carbocycles. The standard InChI is InChI=1S/C22H22N4O.2H2/c1-3-14(12-23-4-2)17-8-10-24-21-20(17)19(13-26-21)15-5-6-18-16(11-15)7-9-25-22(18)27;;/h3,5-6,8,10-13H,4,7,9H2,1-2H3,(H,24,26)(H,25,27);2*1H/b14-3+,23-12?;;. The third-order valence-corrected chi connectivity index (χ3v) is 4.95. The number of hydrogen-bond donors (Lipinski definition) is 2. The van der Waals surface area contributed by atoms with E-state index in [1.807, 2.05) is 50.7 Å². The number of aromatic amines is 1. The average molecular weight is 362 g/mol. The van der Waals surface area contributed by atoms with E-state index >= 15 is 0 Å². The second-order valence-electron chi connectivity index (χ2n) is 6.53. The number of amides is 1. The molecule has 0 radical (unpaired) electrons. The Morgan fingerprint density at radius 2 is 2.22 bits per heavy atom. The molecule has 1 aliphatic heterocycles. The van der Waals surface area contributed by atoms with Crippen molar-refractivity contribution in [3.63, 3.8) is 0 Å². The lowest BCUT2D eigenvalue weighted by atomic mass is 9.93. The van der Waals surface area contributed by atoms with Gasteiger partial charge in [-0.2, -0.15) is 0 Å². The lowest BCUT2D eigenvalue weighted by molar-refractivity contribution is 0.0946. The quantitative estimate of drug-likeness (QED) is 0.671. The molecule has 3 aromatic rings. The van der Waals surface area contributed by atoms with Gasteiger partial charge in [0.1, 0.15) is 5.65 Å². The third kappa shape index (κ3) is 3.05. The van der Waals surface area contributed by atoms with E-state index in [0.29, 0.717) is 6.54 Å². The van der Waals surface area contributed by atoms with Gasteiger partial charge in [0.05, 0.1) is 0 Å². The molecular formula is C22H26N4O.